The van der Waals surface area contributed by atoms with Gasteiger partial charge in [0.2, 0.25) is 0 Å². The first kappa shape index (κ1) is 27.4. The first-order chi connectivity index (χ1) is 23.7. The van der Waals surface area contributed by atoms with Gasteiger partial charge in [0.1, 0.15) is 35.7 Å². The topological polar surface area (TPSA) is 89.7 Å². The number of benzene rings is 5. The molecule has 0 unspecified atom stereocenters. The van der Waals surface area contributed by atoms with Gasteiger partial charge in [0.05, 0.1) is 57.5 Å². The molecule has 5 aromatic carbocycles. The zero-order valence-corrected chi connectivity index (χ0v) is 25.4. The molecule has 0 aliphatic carbocycles. The lowest BCUT2D eigenvalue weighted by Crippen LogP contribution is -1.96. The van der Waals surface area contributed by atoms with Gasteiger partial charge in [0, 0.05) is 49.1 Å². The average Bonchev–Trinajstić information content (AvgIpc) is 3.95. The monoisotopic (exact) mass is 626 g/mol. The molecule has 0 atom stereocenters. The van der Waals surface area contributed by atoms with Gasteiger partial charge in [0.25, 0.3) is 0 Å². The molecule has 0 saturated carbocycles. The number of nitrogens with zero attached hydrogens (tertiary/aromatic N) is 8. The highest BCUT2D eigenvalue weighted by molar-refractivity contribution is 5.93. The summed E-state index contributed by atoms with van der Waals surface area (Å²) in [5.74, 6) is 2.90. The largest absolute Gasteiger partial charge is 0.457 e. The highest BCUT2D eigenvalue weighted by atomic mass is 16.5. The number of imidazole rings is 4. The van der Waals surface area contributed by atoms with Crippen molar-refractivity contribution in [2.24, 2.45) is 0 Å². The van der Waals surface area contributed by atoms with Crippen molar-refractivity contribution in [1.29, 1.82) is 0 Å². The molecule has 4 aromatic heterocycles. The zero-order chi connectivity index (χ0) is 31.9. The quantitative estimate of drug-likeness (QED) is 0.169. The highest BCUT2D eigenvalue weighted by Gasteiger charge is 2.13. The van der Waals surface area contributed by atoms with Crippen LogP contribution in [0.4, 0.5) is 0 Å². The van der Waals surface area contributed by atoms with E-state index >= 15 is 0 Å². The van der Waals surface area contributed by atoms with E-state index in [-0.39, 0.29) is 0 Å². The molecule has 0 fully saturated rings. The van der Waals surface area contributed by atoms with Crippen LogP contribution < -0.4 is 9.47 Å². The minimum Gasteiger partial charge on any atom is -0.457 e. The van der Waals surface area contributed by atoms with Crippen LogP contribution in [-0.4, -0.2) is 38.2 Å². The third-order valence-electron chi connectivity index (χ3n) is 8.12. The summed E-state index contributed by atoms with van der Waals surface area (Å²) < 4.78 is 20.6. The van der Waals surface area contributed by atoms with Crippen LogP contribution in [0.1, 0.15) is 0 Å². The number of hydrogen-bond donors (Lipinski definition) is 0. The van der Waals surface area contributed by atoms with Crippen LogP contribution in [0.25, 0.3) is 44.8 Å². The van der Waals surface area contributed by atoms with E-state index in [0.29, 0.717) is 0 Å². The molecule has 0 spiro atoms. The van der Waals surface area contributed by atoms with Crippen molar-refractivity contribution >= 4 is 22.1 Å². The summed E-state index contributed by atoms with van der Waals surface area (Å²) >= 11 is 0. The van der Waals surface area contributed by atoms with Crippen LogP contribution in [0, 0.1) is 0 Å². The Hall–Kier alpha value is -6.94. The first-order valence-corrected chi connectivity index (χ1v) is 15.3. The molecule has 0 bridgehead atoms. The number of fused-ring (bicyclic) bond motifs is 2. The maximum Gasteiger partial charge on any atom is 0.129 e. The Morgan fingerprint density at radius 3 is 1.25 bits per heavy atom. The Kier molecular flexibility index (Phi) is 6.53. The first-order valence-electron chi connectivity index (χ1n) is 15.3. The fraction of sp³-hybridized carbons (Fsp3) is 0. The molecule has 0 N–H and O–H groups in total. The van der Waals surface area contributed by atoms with Crippen molar-refractivity contribution in [2.45, 2.75) is 0 Å². The lowest BCUT2D eigenvalue weighted by Gasteiger charge is -2.11. The second-order valence-corrected chi connectivity index (χ2v) is 11.2. The molecule has 48 heavy (non-hydrogen) atoms. The van der Waals surface area contributed by atoms with E-state index in [0.717, 1.165) is 67.8 Å². The third kappa shape index (κ3) is 5.13. The predicted octanol–water partition coefficient (Wildman–Crippen LogP) is 8.32. The van der Waals surface area contributed by atoms with Gasteiger partial charge in [-0.15, -0.1) is 0 Å². The van der Waals surface area contributed by atoms with Crippen molar-refractivity contribution in [3.63, 3.8) is 0 Å². The normalized spacial score (nSPS) is 11.3. The van der Waals surface area contributed by atoms with Crippen molar-refractivity contribution in [2.75, 3.05) is 0 Å². The maximum atomic E-state index is 6.28. The summed E-state index contributed by atoms with van der Waals surface area (Å²) in [7, 11) is 0. The van der Waals surface area contributed by atoms with E-state index < -0.39 is 0 Å². The second kappa shape index (κ2) is 11.5. The Balaban J connectivity index is 1.02. The van der Waals surface area contributed by atoms with Crippen LogP contribution in [0.3, 0.4) is 0 Å². The van der Waals surface area contributed by atoms with E-state index in [4.69, 9.17) is 19.4 Å². The smallest absolute Gasteiger partial charge is 0.129 e. The number of ether oxygens (including phenoxy) is 2. The maximum absolute atomic E-state index is 6.28. The van der Waals surface area contributed by atoms with E-state index in [1.165, 1.54) is 0 Å². The van der Waals surface area contributed by atoms with E-state index in [2.05, 4.69) is 25.2 Å². The summed E-state index contributed by atoms with van der Waals surface area (Å²) in [5, 5.41) is 0. The lowest BCUT2D eigenvalue weighted by atomic mass is 10.2. The Labute approximate surface area is 274 Å². The van der Waals surface area contributed by atoms with E-state index in [1.54, 1.807) is 25.0 Å². The predicted molar refractivity (Wildman–Crippen MR) is 183 cm³/mol. The standard InChI is InChI=1S/C38H26N8O2/c1-5-27(43-15-13-39-23-43)17-31(9-1)47-33-11-3-7-29(19-33)45-25-41-35-21-36-38(22-37(35)45)46(26-42-36)30-8-4-12-34(20-30)48-32-10-2-6-28(18-32)44-16-14-40-24-44/h1-26H. The number of hydrogen-bond acceptors (Lipinski definition) is 6. The summed E-state index contributed by atoms with van der Waals surface area (Å²) in [5.41, 5.74) is 7.40. The van der Waals surface area contributed by atoms with Gasteiger partial charge >= 0.3 is 0 Å². The molecule has 0 aliphatic heterocycles. The summed E-state index contributed by atoms with van der Waals surface area (Å²) in [6.07, 6.45) is 14.5. The molecule has 0 aliphatic rings. The fourth-order valence-corrected chi connectivity index (χ4v) is 5.83. The fourth-order valence-electron chi connectivity index (χ4n) is 5.83. The van der Waals surface area contributed by atoms with Crippen molar-refractivity contribution < 1.29 is 9.47 Å². The van der Waals surface area contributed by atoms with Crippen molar-refractivity contribution in [3.8, 4) is 45.7 Å². The van der Waals surface area contributed by atoms with E-state index in [9.17, 15) is 0 Å². The van der Waals surface area contributed by atoms with Crippen LogP contribution in [0.15, 0.2) is 159 Å². The van der Waals surface area contributed by atoms with Crippen LogP contribution in [-0.2, 0) is 0 Å². The van der Waals surface area contributed by atoms with Gasteiger partial charge in [-0.2, -0.15) is 0 Å². The number of rotatable bonds is 8. The number of aromatic nitrogens is 8. The minimum atomic E-state index is 0.718. The van der Waals surface area contributed by atoms with Crippen molar-refractivity contribution in [3.05, 3.63) is 159 Å². The van der Waals surface area contributed by atoms with Gasteiger partial charge in [-0.3, -0.25) is 9.13 Å². The molecular weight excluding hydrogens is 600 g/mol. The third-order valence-corrected chi connectivity index (χ3v) is 8.12. The highest BCUT2D eigenvalue weighted by Crippen LogP contribution is 2.31. The van der Waals surface area contributed by atoms with Crippen LogP contribution >= 0.6 is 0 Å². The summed E-state index contributed by atoms with van der Waals surface area (Å²) in [4.78, 5) is 17.7. The van der Waals surface area contributed by atoms with Gasteiger partial charge < -0.3 is 18.6 Å². The van der Waals surface area contributed by atoms with Crippen molar-refractivity contribution in [1.82, 2.24) is 38.2 Å². The molecule has 9 rings (SSSR count). The molecule has 10 heteroatoms. The zero-order valence-electron chi connectivity index (χ0n) is 25.4. The molecule has 0 radical (unpaired) electrons. The Morgan fingerprint density at radius 2 is 0.833 bits per heavy atom. The molecule has 10 nitrogen and oxygen atoms in total. The Bertz CT molecular complexity index is 2360. The molecule has 230 valence electrons. The average molecular weight is 627 g/mol. The second-order valence-electron chi connectivity index (χ2n) is 11.2. The summed E-state index contributed by atoms with van der Waals surface area (Å²) in [6, 6.07) is 35.9. The van der Waals surface area contributed by atoms with Gasteiger partial charge in [-0.05, 0) is 60.7 Å². The molecule has 4 heterocycles. The Morgan fingerprint density at radius 1 is 0.417 bits per heavy atom. The SMILES string of the molecule is c1cc(Oc2cccc(-n3cnc4cc5ncn(-c6cccc(Oc7cccc(-n8ccnc8)c7)c6)c5cc43)c2)cc(-n2ccnc2)c1. The van der Waals surface area contributed by atoms with Gasteiger partial charge in [-0.25, -0.2) is 19.9 Å². The molecule has 9 aromatic rings. The van der Waals surface area contributed by atoms with Crippen LogP contribution in [0.2, 0.25) is 0 Å². The van der Waals surface area contributed by atoms with Gasteiger partial charge in [0.15, 0.2) is 0 Å². The lowest BCUT2D eigenvalue weighted by molar-refractivity contribution is 0.482. The van der Waals surface area contributed by atoms with Crippen LogP contribution in [0.5, 0.6) is 23.0 Å². The molecular formula is C38H26N8O2. The molecule has 0 amide bonds. The molecule has 0 saturated heterocycles. The van der Waals surface area contributed by atoms with E-state index in [1.807, 2.05) is 137 Å². The minimum absolute atomic E-state index is 0.718. The van der Waals surface area contributed by atoms with Gasteiger partial charge in [-0.1, -0.05) is 24.3 Å². The summed E-state index contributed by atoms with van der Waals surface area (Å²) in [6.45, 7) is 0.